The quantitative estimate of drug-likeness (QED) is 0.877. The molecule has 0 aromatic heterocycles. The third kappa shape index (κ3) is 4.91. The molecule has 0 bridgehead atoms. The van der Waals surface area contributed by atoms with E-state index in [2.05, 4.69) is 11.4 Å². The number of carbonyl (C=O) groups is 2. The van der Waals surface area contributed by atoms with E-state index < -0.39 is 0 Å². The molecule has 27 heavy (non-hydrogen) atoms. The molecule has 7 nitrogen and oxygen atoms in total. The standard InChI is InChI=1S/C20H29N3O4/c1-15(2)14-27-20(25)23-8-7-16-5-3-4-6-17(16)18(23)13-21-19(24)22-9-11-26-12-10-22/h3-6,15,18H,7-14H2,1-2H3,(H,21,24). The summed E-state index contributed by atoms with van der Waals surface area (Å²) >= 11 is 0. The highest BCUT2D eigenvalue weighted by atomic mass is 16.6. The Morgan fingerprint density at radius 2 is 1.96 bits per heavy atom. The minimum atomic E-state index is -0.316. The van der Waals surface area contributed by atoms with Crippen LogP contribution < -0.4 is 5.32 Å². The summed E-state index contributed by atoms with van der Waals surface area (Å²) in [5, 5.41) is 2.99. The van der Waals surface area contributed by atoms with E-state index in [9.17, 15) is 9.59 Å². The predicted octanol–water partition coefficient (Wildman–Crippen LogP) is 2.42. The van der Waals surface area contributed by atoms with Crippen LogP contribution in [0.25, 0.3) is 0 Å². The molecule has 0 radical (unpaired) electrons. The van der Waals surface area contributed by atoms with Crippen LogP contribution in [0, 0.1) is 5.92 Å². The van der Waals surface area contributed by atoms with Crippen molar-refractivity contribution in [1.82, 2.24) is 15.1 Å². The zero-order valence-electron chi connectivity index (χ0n) is 16.1. The van der Waals surface area contributed by atoms with Gasteiger partial charge in [0.2, 0.25) is 0 Å². The molecule has 1 fully saturated rings. The van der Waals surface area contributed by atoms with Crippen LogP contribution in [0.2, 0.25) is 0 Å². The van der Waals surface area contributed by atoms with Gasteiger partial charge in [-0.15, -0.1) is 0 Å². The van der Waals surface area contributed by atoms with Crippen molar-refractivity contribution in [3.8, 4) is 0 Å². The van der Waals surface area contributed by atoms with E-state index in [1.165, 1.54) is 5.56 Å². The van der Waals surface area contributed by atoms with Crippen molar-refractivity contribution in [1.29, 1.82) is 0 Å². The maximum absolute atomic E-state index is 12.6. The number of amides is 3. The van der Waals surface area contributed by atoms with Crippen LogP contribution in [0.15, 0.2) is 24.3 Å². The topological polar surface area (TPSA) is 71.1 Å². The Morgan fingerprint density at radius 3 is 2.70 bits per heavy atom. The van der Waals surface area contributed by atoms with Crippen LogP contribution in [0.4, 0.5) is 9.59 Å². The van der Waals surface area contributed by atoms with Gasteiger partial charge in [0, 0.05) is 26.2 Å². The number of morpholine rings is 1. The zero-order chi connectivity index (χ0) is 19.2. The Bertz CT molecular complexity index is 658. The monoisotopic (exact) mass is 375 g/mol. The second kappa shape index (κ2) is 9.08. The summed E-state index contributed by atoms with van der Waals surface area (Å²) in [6.07, 6.45) is 0.477. The fraction of sp³-hybridized carbons (Fsp3) is 0.600. The molecule has 3 amide bonds. The van der Waals surface area contributed by atoms with E-state index in [0.29, 0.717) is 46.0 Å². The fourth-order valence-electron chi connectivity index (χ4n) is 3.47. The molecule has 2 aliphatic heterocycles. The van der Waals surface area contributed by atoms with E-state index in [1.54, 1.807) is 9.80 Å². The number of rotatable bonds is 4. The maximum Gasteiger partial charge on any atom is 0.410 e. The lowest BCUT2D eigenvalue weighted by atomic mass is 9.93. The number of urea groups is 1. The number of fused-ring (bicyclic) bond motifs is 1. The van der Waals surface area contributed by atoms with Crippen molar-refractivity contribution in [3.05, 3.63) is 35.4 Å². The van der Waals surface area contributed by atoms with Crippen LogP contribution in [-0.4, -0.2) is 67.9 Å². The van der Waals surface area contributed by atoms with Gasteiger partial charge in [-0.25, -0.2) is 9.59 Å². The summed E-state index contributed by atoms with van der Waals surface area (Å²) in [4.78, 5) is 28.6. The molecule has 1 aromatic rings. The summed E-state index contributed by atoms with van der Waals surface area (Å²) < 4.78 is 10.8. The van der Waals surface area contributed by atoms with Crippen molar-refractivity contribution in [2.75, 3.05) is 46.0 Å². The first-order valence-corrected chi connectivity index (χ1v) is 9.68. The Balaban J connectivity index is 1.70. The lowest BCUT2D eigenvalue weighted by Gasteiger charge is -2.37. The largest absolute Gasteiger partial charge is 0.449 e. The lowest BCUT2D eigenvalue weighted by Crippen LogP contribution is -2.50. The predicted molar refractivity (Wildman–Crippen MR) is 102 cm³/mol. The first-order valence-electron chi connectivity index (χ1n) is 9.68. The molecule has 1 N–H and O–H groups in total. The molecule has 2 heterocycles. The molecule has 2 aliphatic rings. The van der Waals surface area contributed by atoms with Crippen LogP contribution in [-0.2, 0) is 15.9 Å². The Kier molecular flexibility index (Phi) is 6.55. The van der Waals surface area contributed by atoms with E-state index in [4.69, 9.17) is 9.47 Å². The molecular weight excluding hydrogens is 346 g/mol. The Hall–Kier alpha value is -2.28. The van der Waals surface area contributed by atoms with Crippen LogP contribution in [0.5, 0.6) is 0 Å². The minimum absolute atomic E-state index is 0.114. The molecule has 3 rings (SSSR count). The molecule has 1 saturated heterocycles. The number of hydrogen-bond donors (Lipinski definition) is 1. The smallest absolute Gasteiger partial charge is 0.410 e. The van der Waals surface area contributed by atoms with E-state index in [-0.39, 0.29) is 24.1 Å². The minimum Gasteiger partial charge on any atom is -0.449 e. The highest BCUT2D eigenvalue weighted by molar-refractivity contribution is 5.74. The summed E-state index contributed by atoms with van der Waals surface area (Å²) in [6.45, 7) is 7.68. The highest BCUT2D eigenvalue weighted by Gasteiger charge is 2.32. The van der Waals surface area contributed by atoms with Crippen LogP contribution >= 0.6 is 0 Å². The second-order valence-corrected chi connectivity index (χ2v) is 7.41. The number of hydrogen-bond acceptors (Lipinski definition) is 4. The van der Waals surface area contributed by atoms with Gasteiger partial charge in [0.1, 0.15) is 0 Å². The number of carbonyl (C=O) groups excluding carboxylic acids is 2. The van der Waals surface area contributed by atoms with Gasteiger partial charge in [0.05, 0.1) is 25.9 Å². The van der Waals surface area contributed by atoms with Gasteiger partial charge < -0.3 is 19.7 Å². The summed E-state index contributed by atoms with van der Waals surface area (Å²) in [6, 6.07) is 7.76. The van der Waals surface area contributed by atoms with Gasteiger partial charge in [0.25, 0.3) is 0 Å². The fourth-order valence-corrected chi connectivity index (χ4v) is 3.47. The molecule has 148 valence electrons. The number of benzene rings is 1. The van der Waals surface area contributed by atoms with Crippen LogP contribution in [0.3, 0.4) is 0 Å². The normalized spacial score (nSPS) is 19.6. The van der Waals surface area contributed by atoms with Gasteiger partial charge in [-0.1, -0.05) is 38.1 Å². The van der Waals surface area contributed by atoms with Crippen molar-refractivity contribution in [2.24, 2.45) is 5.92 Å². The van der Waals surface area contributed by atoms with Crippen molar-refractivity contribution in [2.45, 2.75) is 26.3 Å². The molecular formula is C20H29N3O4. The zero-order valence-corrected chi connectivity index (χ0v) is 16.1. The highest BCUT2D eigenvalue weighted by Crippen LogP contribution is 2.30. The Labute approximate surface area is 160 Å². The molecule has 0 spiro atoms. The van der Waals surface area contributed by atoms with Gasteiger partial charge in [-0.3, -0.25) is 4.90 Å². The average molecular weight is 375 g/mol. The Morgan fingerprint density at radius 1 is 1.22 bits per heavy atom. The van der Waals surface area contributed by atoms with Gasteiger partial charge in [-0.2, -0.15) is 0 Å². The maximum atomic E-state index is 12.6. The number of ether oxygens (including phenoxy) is 2. The molecule has 1 atom stereocenters. The van der Waals surface area contributed by atoms with Crippen molar-refractivity contribution < 1.29 is 19.1 Å². The first-order chi connectivity index (χ1) is 13.1. The molecule has 1 unspecified atom stereocenters. The van der Waals surface area contributed by atoms with Crippen LogP contribution in [0.1, 0.15) is 31.0 Å². The lowest BCUT2D eigenvalue weighted by molar-refractivity contribution is 0.0516. The van der Waals surface area contributed by atoms with Crippen molar-refractivity contribution in [3.63, 3.8) is 0 Å². The number of nitrogens with zero attached hydrogens (tertiary/aromatic N) is 2. The van der Waals surface area contributed by atoms with Crippen molar-refractivity contribution >= 4 is 12.1 Å². The third-order valence-electron chi connectivity index (χ3n) is 4.93. The molecule has 7 heteroatoms. The second-order valence-electron chi connectivity index (χ2n) is 7.41. The van der Waals surface area contributed by atoms with E-state index in [1.807, 2.05) is 32.0 Å². The van der Waals surface area contributed by atoms with Gasteiger partial charge in [-0.05, 0) is 23.5 Å². The summed E-state index contributed by atoms with van der Waals surface area (Å²) in [5.74, 6) is 0.283. The summed E-state index contributed by atoms with van der Waals surface area (Å²) in [5.41, 5.74) is 2.29. The first kappa shape index (κ1) is 19.5. The molecule has 0 saturated carbocycles. The molecule has 1 aromatic carbocycles. The molecule has 0 aliphatic carbocycles. The average Bonchev–Trinajstić information content (AvgIpc) is 2.70. The van der Waals surface area contributed by atoms with Gasteiger partial charge in [0.15, 0.2) is 0 Å². The third-order valence-corrected chi connectivity index (χ3v) is 4.93. The number of nitrogens with one attached hydrogen (secondary N) is 1. The summed E-state index contributed by atoms with van der Waals surface area (Å²) in [7, 11) is 0. The van der Waals surface area contributed by atoms with E-state index in [0.717, 1.165) is 12.0 Å². The van der Waals surface area contributed by atoms with Gasteiger partial charge >= 0.3 is 12.1 Å². The van der Waals surface area contributed by atoms with E-state index >= 15 is 0 Å². The SMILES string of the molecule is CC(C)COC(=O)N1CCc2ccccc2C1CNC(=O)N1CCOCC1.